The molecule has 6 aromatic carbocycles. The molecule has 0 fully saturated rings. The quantitative estimate of drug-likeness (QED) is 0.0284. The van der Waals surface area contributed by atoms with Gasteiger partial charge < -0.3 is 42.7 Å². The van der Waals surface area contributed by atoms with E-state index in [1.165, 1.54) is 36.7 Å². The van der Waals surface area contributed by atoms with E-state index in [1.807, 2.05) is 14.1 Å². The topological polar surface area (TPSA) is 149 Å². The van der Waals surface area contributed by atoms with E-state index in [0.29, 0.717) is 13.1 Å². The van der Waals surface area contributed by atoms with E-state index in [9.17, 15) is 9.59 Å². The first-order valence-electron chi connectivity index (χ1n) is 21.6. The van der Waals surface area contributed by atoms with Crippen molar-refractivity contribution in [2.24, 2.45) is 17.2 Å². The number of hydrogen-bond acceptors (Lipinski definition) is 3. The number of carbonyl (C=O) groups excluding carboxylic acids is 2. The summed E-state index contributed by atoms with van der Waals surface area (Å²) < 4.78 is 1.56. The maximum absolute atomic E-state index is 12.6. The summed E-state index contributed by atoms with van der Waals surface area (Å²) in [5, 5.41) is 15.6. The number of benzene rings is 6. The third-order valence-electron chi connectivity index (χ3n) is 11.6. The molecule has 0 aromatic heterocycles. The third-order valence-corrected chi connectivity index (χ3v) is 20.7. The van der Waals surface area contributed by atoms with Gasteiger partial charge in [0.15, 0.2) is 5.96 Å². The molecule has 0 atom stereocenters. The van der Waals surface area contributed by atoms with Gasteiger partial charge in [0.2, 0.25) is 5.91 Å². The zero-order valence-electron chi connectivity index (χ0n) is 40.7. The number of carbonyl (C=O) groups is 2. The third kappa shape index (κ3) is 14.8. The van der Waals surface area contributed by atoms with E-state index < -0.39 is 14.5 Å². The van der Waals surface area contributed by atoms with Crippen LogP contribution in [0.1, 0.15) is 12.8 Å². The van der Waals surface area contributed by atoms with Gasteiger partial charge in [-0.15, -0.1) is 0 Å². The molecule has 0 bridgehead atoms. The lowest BCUT2D eigenvalue weighted by Crippen LogP contribution is -2.42. The molecule has 0 aliphatic rings. The van der Waals surface area contributed by atoms with E-state index in [0.717, 1.165) is 25.2 Å². The van der Waals surface area contributed by atoms with Crippen LogP contribution in [0.4, 0.5) is 0 Å². The highest BCUT2D eigenvalue weighted by Crippen LogP contribution is 2.56. The van der Waals surface area contributed by atoms with Crippen LogP contribution in [0.2, 0.25) is 0 Å². The lowest BCUT2D eigenvalue weighted by Gasteiger charge is -2.29. The molecular weight excluding hydrogens is 867 g/mol. The zero-order chi connectivity index (χ0) is 46.0. The summed E-state index contributed by atoms with van der Waals surface area (Å²) in [7, 11) is 3.28. The van der Waals surface area contributed by atoms with Crippen molar-refractivity contribution in [2.45, 2.75) is 12.8 Å². The highest BCUT2D eigenvalue weighted by Gasteiger charge is 2.46. The highest BCUT2D eigenvalue weighted by atomic mass is 31.2. The van der Waals surface area contributed by atoms with E-state index in [-0.39, 0.29) is 59.1 Å². The van der Waals surface area contributed by atoms with Crippen molar-refractivity contribution in [2.75, 3.05) is 66.7 Å². The van der Waals surface area contributed by atoms with Gasteiger partial charge in [-0.05, 0) is 85.6 Å². The van der Waals surface area contributed by atoms with Crippen LogP contribution in [0.3, 0.4) is 0 Å². The Morgan fingerprint density at radius 1 is 0.463 bits per heavy atom. The van der Waals surface area contributed by atoms with Crippen molar-refractivity contribution in [3.8, 4) is 0 Å². The molecule has 67 heavy (non-hydrogen) atoms. The number of guanidine groups is 2. The molecule has 6 rings (SSSR count). The van der Waals surface area contributed by atoms with Crippen LogP contribution < -0.4 is 49.0 Å². The monoisotopic (exact) mass is 941 g/mol. The van der Waals surface area contributed by atoms with Crippen LogP contribution in [0, 0.1) is 27.7 Å². The fourth-order valence-electron chi connectivity index (χ4n) is 7.93. The molecule has 0 radical (unpaired) electrons. The summed E-state index contributed by atoms with van der Waals surface area (Å²) in [6.07, 6.45) is 3.70. The largest absolute Gasteiger partial charge is 0.370 e. The highest BCUT2D eigenvalue weighted by molar-refractivity contribution is 7.96. The normalized spacial score (nSPS) is 10.6. The van der Waals surface area contributed by atoms with E-state index in [4.69, 9.17) is 22.6 Å². The summed E-state index contributed by atoms with van der Waals surface area (Å²) in [5.74, 6) is 0.0117. The molecule has 0 saturated heterocycles. The van der Waals surface area contributed by atoms with Gasteiger partial charge in [0.1, 0.15) is 52.9 Å². The predicted octanol–water partition coefficient (Wildman–Crippen LogP) is 5.75. The number of rotatable bonds is 18. The Hall–Kier alpha value is -6.34. The Balaban J connectivity index is 0.000000440. The average Bonchev–Trinajstić information content (AvgIpc) is 3.33. The van der Waals surface area contributed by atoms with Gasteiger partial charge in [0, 0.05) is 34.2 Å². The van der Waals surface area contributed by atoms with Gasteiger partial charge in [0.25, 0.3) is 5.91 Å². The Bertz CT molecular complexity index is 2200. The number of likely N-dealkylation sites (N-methyl/N-ethyl adjacent to an activating group) is 4. The molecule has 356 valence electrons. The molecule has 0 aliphatic carbocycles. The van der Waals surface area contributed by atoms with Crippen LogP contribution in [0.25, 0.3) is 0 Å². The van der Waals surface area contributed by atoms with Gasteiger partial charge in [0.05, 0.1) is 25.9 Å². The molecule has 0 unspecified atom stereocenters. The second kappa shape index (κ2) is 28.0. The molecule has 0 aliphatic heterocycles. The Kier molecular flexibility index (Phi) is 23.7. The molecule has 2 amide bonds. The summed E-state index contributed by atoms with van der Waals surface area (Å²) in [6, 6.07) is 64.7. The predicted molar refractivity (Wildman–Crippen MR) is 293 cm³/mol. The molecule has 0 spiro atoms. The Morgan fingerprint density at radius 2 is 0.716 bits per heavy atom. The van der Waals surface area contributed by atoms with Crippen LogP contribution in [0.5, 0.6) is 0 Å². The van der Waals surface area contributed by atoms with Crippen molar-refractivity contribution in [1.82, 2.24) is 14.7 Å². The second-order valence-corrected chi connectivity index (χ2v) is 23.2. The summed E-state index contributed by atoms with van der Waals surface area (Å²) in [4.78, 5) is 30.1. The van der Waals surface area contributed by atoms with E-state index in [1.54, 1.807) is 28.5 Å². The first-order valence-corrected chi connectivity index (χ1v) is 25.6. The SMILES string of the molecule is CN(CC(=O)N(C)CCC[P+](c1ccccc1)(c1ccccc1)c1ccccc1)C(=N)N.CN(CCC[P+](c1ccccc1)(c1ccccc1)c1ccccc1)C(=O)C[N+](C)=C(N)N.[CH3-].[CH3-].[CH3-]. The number of amides is 2. The van der Waals surface area contributed by atoms with Crippen LogP contribution >= 0.6 is 14.5 Å². The molecule has 0 saturated carbocycles. The molecule has 12 heteroatoms. The number of nitrogens with two attached hydrogens (primary N) is 3. The minimum atomic E-state index is -1.89. The fourth-order valence-corrected chi connectivity index (χ4v) is 16.6. The van der Waals surface area contributed by atoms with Crippen LogP contribution in [-0.2, 0) is 9.59 Å². The maximum atomic E-state index is 12.6. The lowest BCUT2D eigenvalue weighted by molar-refractivity contribution is -0.488. The summed E-state index contributed by atoms with van der Waals surface area (Å²) >= 11 is 0. The minimum Gasteiger partial charge on any atom is -0.370 e. The maximum Gasteiger partial charge on any atom is 0.341 e. The minimum absolute atomic E-state index is 0. The molecule has 10 nitrogen and oxygen atoms in total. The molecular formula is C55H74N8O2P2. The van der Waals surface area contributed by atoms with E-state index in [2.05, 4.69) is 182 Å². The van der Waals surface area contributed by atoms with E-state index >= 15 is 0 Å². The van der Waals surface area contributed by atoms with Gasteiger partial charge in [-0.1, -0.05) is 109 Å². The van der Waals surface area contributed by atoms with Gasteiger partial charge in [-0.3, -0.25) is 31.0 Å². The van der Waals surface area contributed by atoms with Crippen molar-refractivity contribution in [1.29, 1.82) is 5.41 Å². The lowest BCUT2D eigenvalue weighted by atomic mass is 10.3. The van der Waals surface area contributed by atoms with Gasteiger partial charge in [-0.25, -0.2) is 0 Å². The molecule has 7 N–H and O–H groups in total. The summed E-state index contributed by atoms with van der Waals surface area (Å²) in [6.45, 7) is 1.61. The number of nitrogens with zero attached hydrogens (tertiary/aromatic N) is 4. The number of nitrogens with one attached hydrogen (secondary N) is 1. The molecule has 6 aromatic rings. The standard InChI is InChI=1S/2C26H32N4OP.3CH3/c2*1-29(25(31)21-30(2)26(27)28)19-12-20-32(22-13-6-3-7-14-22,23-15-8-4-9-16-23)24-17-10-5-11-18-24;;;/h2*3-11,13-18H,12,19-21H2,1-2H3,(H3,27,28);3*1H3/q2*+1;3*-1/p+1. The Morgan fingerprint density at radius 3 is 0.955 bits per heavy atom. The van der Waals surface area contributed by atoms with Gasteiger partial charge in [-0.2, -0.15) is 0 Å². The Labute approximate surface area is 403 Å². The van der Waals surface area contributed by atoms with Crippen molar-refractivity contribution >= 4 is 70.1 Å². The molecule has 0 heterocycles. The van der Waals surface area contributed by atoms with Crippen LogP contribution in [-0.4, -0.2) is 110 Å². The zero-order valence-corrected chi connectivity index (χ0v) is 42.5. The summed E-state index contributed by atoms with van der Waals surface area (Å²) in [5.41, 5.74) is 16.7. The van der Waals surface area contributed by atoms with Crippen molar-refractivity contribution < 1.29 is 14.2 Å². The first-order chi connectivity index (χ1) is 30.9. The second-order valence-electron chi connectivity index (χ2n) is 15.9. The fraction of sp³-hybridized carbons (Fsp3) is 0.218. The van der Waals surface area contributed by atoms with Crippen molar-refractivity contribution in [3.63, 3.8) is 0 Å². The van der Waals surface area contributed by atoms with Crippen LogP contribution in [0.15, 0.2) is 182 Å². The average molecular weight is 941 g/mol. The smallest absolute Gasteiger partial charge is 0.341 e. The van der Waals surface area contributed by atoms with Crippen molar-refractivity contribution in [3.05, 3.63) is 204 Å². The number of hydrogen-bond donors (Lipinski definition) is 4. The van der Waals surface area contributed by atoms with Gasteiger partial charge >= 0.3 is 5.96 Å². The first kappa shape index (κ1) is 56.8.